The van der Waals surface area contributed by atoms with Gasteiger partial charge in [0.15, 0.2) is 5.13 Å². The summed E-state index contributed by atoms with van der Waals surface area (Å²) in [4.78, 5) is 17.0. The highest BCUT2D eigenvalue weighted by Crippen LogP contribution is 2.30. The predicted molar refractivity (Wildman–Crippen MR) is 99.4 cm³/mol. The monoisotopic (exact) mass is 406 g/mol. The molecule has 5 nitrogen and oxygen atoms in total. The summed E-state index contributed by atoms with van der Waals surface area (Å²) < 4.78 is 12.5. The van der Waals surface area contributed by atoms with Gasteiger partial charge in [-0.1, -0.05) is 27.3 Å². The van der Waals surface area contributed by atoms with E-state index in [1.165, 1.54) is 18.4 Å². The number of thiazole rings is 1. The van der Waals surface area contributed by atoms with Crippen molar-refractivity contribution in [3.63, 3.8) is 0 Å². The number of nitrogens with one attached hydrogen (secondary N) is 1. The van der Waals surface area contributed by atoms with E-state index in [4.69, 9.17) is 9.47 Å². The molecule has 24 heavy (non-hydrogen) atoms. The summed E-state index contributed by atoms with van der Waals surface area (Å²) in [5.74, 6) is 1.04. The molecule has 0 aliphatic rings. The molecule has 1 heterocycles. The summed E-state index contributed by atoms with van der Waals surface area (Å²) in [6.45, 7) is 2.55. The molecule has 1 amide bonds. The van der Waals surface area contributed by atoms with E-state index in [1.54, 1.807) is 12.1 Å². The molecule has 0 fully saturated rings. The first-order chi connectivity index (χ1) is 11.6. The highest BCUT2D eigenvalue weighted by molar-refractivity contribution is 9.10. The summed E-state index contributed by atoms with van der Waals surface area (Å²) in [6, 6.07) is 11.0. The van der Waals surface area contributed by atoms with Crippen molar-refractivity contribution in [3.05, 3.63) is 46.4 Å². The second-order valence-electron chi connectivity index (χ2n) is 4.88. The minimum absolute atomic E-state index is 0.266. The van der Waals surface area contributed by atoms with Crippen LogP contribution in [-0.2, 0) is 0 Å². The van der Waals surface area contributed by atoms with Crippen LogP contribution in [-0.4, -0.2) is 24.6 Å². The number of hydrogen-bond donors (Lipinski definition) is 1. The van der Waals surface area contributed by atoms with Crippen molar-refractivity contribution in [2.45, 2.75) is 6.92 Å². The lowest BCUT2D eigenvalue weighted by atomic mass is 10.2. The predicted octanol–water partition coefficient (Wildman–Crippen LogP) is 4.72. The topological polar surface area (TPSA) is 60.5 Å². The maximum Gasteiger partial charge on any atom is 0.261 e. The Morgan fingerprint density at radius 3 is 2.88 bits per heavy atom. The van der Waals surface area contributed by atoms with Crippen molar-refractivity contribution in [1.82, 2.24) is 4.98 Å². The number of fused-ring (bicyclic) bond motifs is 1. The van der Waals surface area contributed by atoms with Gasteiger partial charge in [-0.05, 0) is 43.3 Å². The zero-order valence-electron chi connectivity index (χ0n) is 13.1. The van der Waals surface area contributed by atoms with Crippen LogP contribution >= 0.6 is 27.3 Å². The first kappa shape index (κ1) is 16.7. The number of aromatic nitrogens is 1. The van der Waals surface area contributed by atoms with E-state index in [2.05, 4.69) is 26.2 Å². The number of halogens is 1. The Morgan fingerprint density at radius 1 is 1.29 bits per heavy atom. The summed E-state index contributed by atoms with van der Waals surface area (Å²) in [7, 11) is 1.53. The third-order valence-corrected chi connectivity index (χ3v) is 4.72. The fourth-order valence-electron chi connectivity index (χ4n) is 2.24. The van der Waals surface area contributed by atoms with Crippen LogP contribution in [0.3, 0.4) is 0 Å². The molecule has 0 spiro atoms. The molecular weight excluding hydrogens is 392 g/mol. The molecule has 3 rings (SSSR count). The highest BCUT2D eigenvalue weighted by atomic mass is 79.9. The lowest BCUT2D eigenvalue weighted by Gasteiger charge is -2.08. The molecule has 0 aliphatic heterocycles. The molecule has 124 valence electrons. The normalized spacial score (nSPS) is 10.6. The van der Waals surface area contributed by atoms with Gasteiger partial charge in [0.1, 0.15) is 11.5 Å². The zero-order chi connectivity index (χ0) is 17.1. The quantitative estimate of drug-likeness (QED) is 0.665. The number of benzene rings is 2. The van der Waals surface area contributed by atoms with Crippen LogP contribution in [0.4, 0.5) is 5.13 Å². The number of anilines is 1. The Bertz CT molecular complexity index is 895. The van der Waals surface area contributed by atoms with Gasteiger partial charge in [0.2, 0.25) is 0 Å². The van der Waals surface area contributed by atoms with E-state index in [1.807, 2.05) is 31.2 Å². The number of amides is 1. The van der Waals surface area contributed by atoms with Crippen molar-refractivity contribution in [2.24, 2.45) is 0 Å². The Labute approximate surface area is 151 Å². The SMILES string of the molecule is CCOc1ccc2nc(NC(=O)c3cc(Br)ccc3OC)sc2c1. The first-order valence-electron chi connectivity index (χ1n) is 7.29. The van der Waals surface area contributed by atoms with Crippen molar-refractivity contribution in [3.8, 4) is 11.5 Å². The summed E-state index contributed by atoms with van der Waals surface area (Å²) in [6.07, 6.45) is 0. The Balaban J connectivity index is 1.86. The van der Waals surface area contributed by atoms with E-state index in [0.29, 0.717) is 23.1 Å². The number of methoxy groups -OCH3 is 1. The van der Waals surface area contributed by atoms with Gasteiger partial charge in [-0.3, -0.25) is 10.1 Å². The van der Waals surface area contributed by atoms with E-state index >= 15 is 0 Å². The molecule has 1 N–H and O–H groups in total. The van der Waals surface area contributed by atoms with Gasteiger partial charge in [-0.25, -0.2) is 4.98 Å². The molecule has 0 atom stereocenters. The Morgan fingerprint density at radius 2 is 2.12 bits per heavy atom. The van der Waals surface area contributed by atoms with Gasteiger partial charge >= 0.3 is 0 Å². The molecule has 7 heteroatoms. The molecule has 2 aromatic carbocycles. The van der Waals surface area contributed by atoms with Crippen molar-refractivity contribution in [1.29, 1.82) is 0 Å². The number of carbonyl (C=O) groups is 1. The molecule has 0 saturated heterocycles. The second kappa shape index (κ2) is 7.19. The summed E-state index contributed by atoms with van der Waals surface area (Å²) >= 11 is 4.77. The van der Waals surface area contributed by atoms with E-state index in [0.717, 1.165) is 20.4 Å². The standard InChI is InChI=1S/C17H15BrN2O3S/c1-3-23-11-5-6-13-15(9-11)24-17(19-13)20-16(21)12-8-10(18)4-7-14(12)22-2/h4-9H,3H2,1-2H3,(H,19,20,21). The first-order valence-corrected chi connectivity index (χ1v) is 8.90. The minimum atomic E-state index is -0.266. The fraction of sp³-hybridized carbons (Fsp3) is 0.176. The van der Waals surface area contributed by atoms with Gasteiger partial charge in [-0.15, -0.1) is 0 Å². The van der Waals surface area contributed by atoms with Crippen molar-refractivity contribution >= 4 is 48.5 Å². The molecule has 1 aromatic heterocycles. The lowest BCUT2D eigenvalue weighted by molar-refractivity contribution is 0.102. The van der Waals surface area contributed by atoms with E-state index < -0.39 is 0 Å². The van der Waals surface area contributed by atoms with Gasteiger partial charge in [0, 0.05) is 4.47 Å². The average Bonchev–Trinajstić information content (AvgIpc) is 2.96. The van der Waals surface area contributed by atoms with E-state index in [9.17, 15) is 4.79 Å². The Hall–Kier alpha value is -2.12. The Kier molecular flexibility index (Phi) is 5.01. The molecule has 0 unspecified atom stereocenters. The van der Waals surface area contributed by atoms with Crippen LogP contribution in [0, 0.1) is 0 Å². The third-order valence-electron chi connectivity index (χ3n) is 3.30. The van der Waals surface area contributed by atoms with Crippen LogP contribution in [0.5, 0.6) is 11.5 Å². The minimum Gasteiger partial charge on any atom is -0.496 e. The second-order valence-corrected chi connectivity index (χ2v) is 6.83. The van der Waals surface area contributed by atoms with Crippen LogP contribution in [0.25, 0.3) is 10.2 Å². The number of nitrogens with zero attached hydrogens (tertiary/aromatic N) is 1. The summed E-state index contributed by atoms with van der Waals surface area (Å²) in [5, 5.41) is 3.36. The molecule has 0 aliphatic carbocycles. The lowest BCUT2D eigenvalue weighted by Crippen LogP contribution is -2.13. The average molecular weight is 407 g/mol. The fourth-order valence-corrected chi connectivity index (χ4v) is 3.49. The smallest absolute Gasteiger partial charge is 0.261 e. The van der Waals surface area contributed by atoms with Crippen LogP contribution < -0.4 is 14.8 Å². The molecule has 0 radical (unpaired) electrons. The van der Waals surface area contributed by atoms with E-state index in [-0.39, 0.29) is 5.91 Å². The maximum absolute atomic E-state index is 12.5. The molecule has 0 saturated carbocycles. The van der Waals surface area contributed by atoms with Crippen LogP contribution in [0.15, 0.2) is 40.9 Å². The zero-order valence-corrected chi connectivity index (χ0v) is 15.5. The third kappa shape index (κ3) is 3.52. The summed E-state index contributed by atoms with van der Waals surface area (Å²) in [5.41, 5.74) is 1.26. The number of hydrogen-bond acceptors (Lipinski definition) is 5. The highest BCUT2D eigenvalue weighted by Gasteiger charge is 2.15. The molecule has 0 bridgehead atoms. The molecule has 3 aromatic rings. The number of carbonyl (C=O) groups excluding carboxylic acids is 1. The van der Waals surface area contributed by atoms with Gasteiger partial charge in [0.25, 0.3) is 5.91 Å². The van der Waals surface area contributed by atoms with Gasteiger partial charge < -0.3 is 9.47 Å². The number of rotatable bonds is 5. The van der Waals surface area contributed by atoms with Crippen molar-refractivity contribution < 1.29 is 14.3 Å². The van der Waals surface area contributed by atoms with Crippen LogP contribution in [0.1, 0.15) is 17.3 Å². The largest absolute Gasteiger partial charge is 0.496 e. The van der Waals surface area contributed by atoms with Crippen molar-refractivity contribution in [2.75, 3.05) is 19.0 Å². The maximum atomic E-state index is 12.5. The molecular formula is C17H15BrN2O3S. The van der Waals surface area contributed by atoms with Gasteiger partial charge in [0.05, 0.1) is 29.5 Å². The number of ether oxygens (including phenoxy) is 2. The van der Waals surface area contributed by atoms with Gasteiger partial charge in [-0.2, -0.15) is 0 Å². The van der Waals surface area contributed by atoms with Crippen LogP contribution in [0.2, 0.25) is 0 Å².